The van der Waals surface area contributed by atoms with E-state index < -0.39 is 0 Å². The van der Waals surface area contributed by atoms with Gasteiger partial charge in [0.1, 0.15) is 11.3 Å². The number of rotatable bonds is 7. The lowest BCUT2D eigenvalue weighted by molar-refractivity contribution is -0.120. The van der Waals surface area contributed by atoms with Crippen LogP contribution in [0.5, 0.6) is 0 Å². The van der Waals surface area contributed by atoms with Gasteiger partial charge in [0.15, 0.2) is 0 Å². The topological polar surface area (TPSA) is 87.5 Å². The maximum Gasteiger partial charge on any atom is 0.268 e. The van der Waals surface area contributed by atoms with E-state index in [0.717, 1.165) is 50.9 Å². The second-order valence-corrected chi connectivity index (χ2v) is 11.0. The van der Waals surface area contributed by atoms with Gasteiger partial charge in [0.2, 0.25) is 5.91 Å². The summed E-state index contributed by atoms with van der Waals surface area (Å²) in [6, 6.07) is 5.57. The fourth-order valence-corrected chi connectivity index (χ4v) is 6.42. The van der Waals surface area contributed by atoms with Gasteiger partial charge in [0.25, 0.3) is 5.91 Å². The third kappa shape index (κ3) is 4.52. The molecule has 1 saturated heterocycles. The van der Waals surface area contributed by atoms with Crippen LogP contribution in [0.25, 0.3) is 5.65 Å². The largest absolute Gasteiger partial charge is 0.355 e. The van der Waals surface area contributed by atoms with Crippen LogP contribution in [-0.2, 0) is 11.2 Å². The number of nitrogens with zero attached hydrogens (tertiary/aromatic N) is 2. The molecule has 3 aliphatic carbocycles. The van der Waals surface area contributed by atoms with Crippen molar-refractivity contribution in [3.63, 3.8) is 0 Å². The molecule has 0 spiro atoms. The van der Waals surface area contributed by atoms with Crippen molar-refractivity contribution < 1.29 is 9.59 Å². The summed E-state index contributed by atoms with van der Waals surface area (Å²) >= 11 is 0. The number of carbonyl (C=O) groups excluding carboxylic acids is 2. The van der Waals surface area contributed by atoms with Crippen molar-refractivity contribution in [2.75, 3.05) is 26.2 Å². The molecule has 4 fully saturated rings. The predicted octanol–water partition coefficient (Wildman–Crippen LogP) is 2.79. The lowest BCUT2D eigenvalue weighted by atomic mass is 9.45. The average Bonchev–Trinajstić information content (AvgIpc) is 3.24. The highest BCUT2D eigenvalue weighted by molar-refractivity contribution is 5.93. The van der Waals surface area contributed by atoms with E-state index in [0.29, 0.717) is 34.3 Å². The molecule has 3 N–H and O–H groups in total. The zero-order chi connectivity index (χ0) is 23.0. The first-order valence-electron chi connectivity index (χ1n) is 12.6. The van der Waals surface area contributed by atoms with Gasteiger partial charge >= 0.3 is 0 Å². The number of nitrogens with one attached hydrogen (secondary N) is 3. The van der Waals surface area contributed by atoms with E-state index in [-0.39, 0.29) is 18.2 Å². The first kappa shape index (κ1) is 22.4. The molecule has 7 heteroatoms. The maximum atomic E-state index is 13.0. The number of hydrogen-bond acceptors (Lipinski definition) is 4. The van der Waals surface area contributed by atoms with Crippen LogP contribution in [0.2, 0.25) is 0 Å². The van der Waals surface area contributed by atoms with Crippen LogP contribution in [0.4, 0.5) is 0 Å². The van der Waals surface area contributed by atoms with E-state index in [1.54, 1.807) is 0 Å². The van der Waals surface area contributed by atoms with E-state index in [1.165, 1.54) is 19.3 Å². The molecule has 1 aliphatic heterocycles. The minimum atomic E-state index is -0.0702. The summed E-state index contributed by atoms with van der Waals surface area (Å²) in [5.41, 5.74) is 2.38. The molecule has 33 heavy (non-hydrogen) atoms. The molecule has 2 amide bonds. The van der Waals surface area contributed by atoms with Crippen molar-refractivity contribution in [2.45, 2.75) is 52.4 Å². The van der Waals surface area contributed by atoms with Gasteiger partial charge in [0, 0.05) is 19.3 Å². The Morgan fingerprint density at radius 1 is 1.12 bits per heavy atom. The number of imidazole rings is 1. The van der Waals surface area contributed by atoms with Crippen LogP contribution in [0.15, 0.2) is 24.4 Å². The molecule has 6 rings (SSSR count). The number of pyridine rings is 1. The summed E-state index contributed by atoms with van der Waals surface area (Å²) in [5.74, 6) is 2.61. The molecule has 2 aromatic heterocycles. The summed E-state index contributed by atoms with van der Waals surface area (Å²) in [6.07, 6.45) is 8.07. The first-order valence-corrected chi connectivity index (χ1v) is 12.6. The van der Waals surface area contributed by atoms with E-state index in [9.17, 15) is 9.59 Å². The van der Waals surface area contributed by atoms with Gasteiger partial charge in [-0.05, 0) is 86.4 Å². The van der Waals surface area contributed by atoms with Crippen LogP contribution in [0, 0.1) is 29.1 Å². The van der Waals surface area contributed by atoms with E-state index in [2.05, 4.69) is 34.8 Å². The SMILES string of the molecule is CC1(C)[C@@H]2CC[C@@H](CNC(=O)c3cccc4nc(CC(=O)NCC5CCNCC5)cn34)[C@@H]1C2. The molecular formula is C26H37N5O2. The van der Waals surface area contributed by atoms with Crippen molar-refractivity contribution in [3.8, 4) is 0 Å². The predicted molar refractivity (Wildman–Crippen MR) is 128 cm³/mol. The molecule has 178 valence electrons. The number of fused-ring (bicyclic) bond motifs is 3. The Morgan fingerprint density at radius 2 is 1.94 bits per heavy atom. The smallest absolute Gasteiger partial charge is 0.268 e. The zero-order valence-corrected chi connectivity index (χ0v) is 19.9. The Balaban J connectivity index is 1.19. The van der Waals surface area contributed by atoms with E-state index >= 15 is 0 Å². The van der Waals surface area contributed by atoms with Crippen LogP contribution < -0.4 is 16.0 Å². The normalized spacial score (nSPS) is 26.5. The first-order chi connectivity index (χ1) is 15.9. The van der Waals surface area contributed by atoms with Crippen molar-refractivity contribution in [1.82, 2.24) is 25.3 Å². The van der Waals surface area contributed by atoms with Crippen molar-refractivity contribution in [3.05, 3.63) is 35.8 Å². The van der Waals surface area contributed by atoms with Gasteiger partial charge in [0.05, 0.1) is 12.1 Å². The Kier molecular flexibility index (Phi) is 6.16. The minimum Gasteiger partial charge on any atom is -0.355 e. The summed E-state index contributed by atoms with van der Waals surface area (Å²) in [4.78, 5) is 30.1. The highest BCUT2D eigenvalue weighted by Gasteiger charge is 2.53. The molecule has 0 aromatic carbocycles. The Hall–Kier alpha value is -2.41. The van der Waals surface area contributed by atoms with E-state index in [4.69, 9.17) is 0 Å². The van der Waals surface area contributed by atoms with Crippen LogP contribution >= 0.6 is 0 Å². The average molecular weight is 452 g/mol. The second-order valence-electron chi connectivity index (χ2n) is 11.0. The van der Waals surface area contributed by atoms with Gasteiger partial charge < -0.3 is 16.0 Å². The van der Waals surface area contributed by atoms with Crippen LogP contribution in [-0.4, -0.2) is 47.4 Å². The minimum absolute atomic E-state index is 0.0124. The van der Waals surface area contributed by atoms with E-state index in [1.807, 2.05) is 28.8 Å². The zero-order valence-electron chi connectivity index (χ0n) is 19.9. The lowest BCUT2D eigenvalue weighted by Crippen LogP contribution is -2.54. The highest BCUT2D eigenvalue weighted by atomic mass is 16.2. The molecule has 2 bridgehead atoms. The molecule has 0 unspecified atom stereocenters. The number of aromatic nitrogens is 2. The van der Waals surface area contributed by atoms with Crippen molar-refractivity contribution >= 4 is 17.5 Å². The van der Waals surface area contributed by atoms with Crippen LogP contribution in [0.1, 0.15) is 62.1 Å². The third-order valence-corrected chi connectivity index (χ3v) is 8.69. The van der Waals surface area contributed by atoms with Gasteiger partial charge in [-0.15, -0.1) is 0 Å². The molecule has 3 atom stereocenters. The standard InChI is InChI=1S/C26H37N5O2/c1-26(2)19-7-6-18(21(26)12-19)15-29-25(33)22-4-3-5-23-30-20(16-31(22)23)13-24(32)28-14-17-8-10-27-11-9-17/h3-5,16-19,21,27H,6-15H2,1-2H3,(H,28,32)(H,29,33)/t18-,19+,21-/m0/s1. The van der Waals surface area contributed by atoms with Crippen LogP contribution in [0.3, 0.4) is 0 Å². The number of hydrogen-bond donors (Lipinski definition) is 3. The number of amides is 2. The molecular weight excluding hydrogens is 414 g/mol. The van der Waals surface area contributed by atoms with Gasteiger partial charge in [-0.25, -0.2) is 4.98 Å². The Labute approximate surface area is 196 Å². The maximum absolute atomic E-state index is 13.0. The van der Waals surface area contributed by atoms with Crippen molar-refractivity contribution in [1.29, 1.82) is 0 Å². The molecule has 3 saturated carbocycles. The highest BCUT2D eigenvalue weighted by Crippen LogP contribution is 2.61. The number of piperidine rings is 1. The summed E-state index contributed by atoms with van der Waals surface area (Å²) in [7, 11) is 0. The number of carbonyl (C=O) groups is 2. The second kappa shape index (κ2) is 9.09. The van der Waals surface area contributed by atoms with Gasteiger partial charge in [-0.1, -0.05) is 19.9 Å². The molecule has 0 radical (unpaired) electrons. The summed E-state index contributed by atoms with van der Waals surface area (Å²) in [6.45, 7) is 8.28. The molecule has 3 heterocycles. The quantitative estimate of drug-likeness (QED) is 0.604. The molecule has 4 aliphatic rings. The Bertz CT molecular complexity index is 1020. The summed E-state index contributed by atoms with van der Waals surface area (Å²) in [5, 5.41) is 9.60. The molecule has 7 nitrogen and oxygen atoms in total. The summed E-state index contributed by atoms with van der Waals surface area (Å²) < 4.78 is 1.81. The third-order valence-electron chi connectivity index (χ3n) is 8.69. The fraction of sp³-hybridized carbons (Fsp3) is 0.654. The molecule has 2 aromatic rings. The Morgan fingerprint density at radius 3 is 2.70 bits per heavy atom. The monoisotopic (exact) mass is 451 g/mol. The van der Waals surface area contributed by atoms with Crippen molar-refractivity contribution in [2.24, 2.45) is 29.1 Å². The van der Waals surface area contributed by atoms with Gasteiger partial charge in [-0.3, -0.25) is 14.0 Å². The fourth-order valence-electron chi connectivity index (χ4n) is 6.42. The lowest BCUT2D eigenvalue weighted by Gasteiger charge is -2.60. The van der Waals surface area contributed by atoms with Gasteiger partial charge in [-0.2, -0.15) is 0 Å².